The molecule has 4 atom stereocenters. The van der Waals surface area contributed by atoms with Crippen molar-refractivity contribution in [3.8, 4) is 0 Å². The summed E-state index contributed by atoms with van der Waals surface area (Å²) in [6.07, 6.45) is 0.796. The van der Waals surface area contributed by atoms with Crippen LogP contribution in [-0.4, -0.2) is 48.8 Å². The molecule has 2 heterocycles. The molecule has 6 heteroatoms. The molecule has 0 bridgehead atoms. The molecule has 2 fully saturated rings. The van der Waals surface area contributed by atoms with E-state index in [1.807, 2.05) is 6.92 Å². The van der Waals surface area contributed by atoms with E-state index in [9.17, 15) is 14.7 Å². The Kier molecular flexibility index (Phi) is 3.59. The Morgan fingerprint density at radius 2 is 2.22 bits per heavy atom. The predicted molar refractivity (Wildman–Crippen MR) is 64.1 cm³/mol. The Bertz CT molecular complexity index is 360. The lowest BCUT2D eigenvalue weighted by atomic mass is 9.85. The average Bonchev–Trinajstić information content (AvgIpc) is 2.87. The van der Waals surface area contributed by atoms with E-state index in [0.29, 0.717) is 0 Å². The fourth-order valence-electron chi connectivity index (χ4n) is 2.58. The van der Waals surface area contributed by atoms with Crippen molar-refractivity contribution in [2.75, 3.05) is 19.8 Å². The minimum Gasteiger partial charge on any atom is -0.481 e. The first-order valence-electron chi connectivity index (χ1n) is 6.30. The molecule has 2 aliphatic heterocycles. The zero-order chi connectivity index (χ0) is 13.3. The highest BCUT2D eigenvalue weighted by Crippen LogP contribution is 2.29. The van der Waals surface area contributed by atoms with Crippen molar-refractivity contribution in [3.63, 3.8) is 0 Å². The lowest BCUT2D eigenvalue weighted by Gasteiger charge is -2.27. The van der Waals surface area contributed by atoms with Gasteiger partial charge in [-0.15, -0.1) is 0 Å². The number of nitrogens with one attached hydrogen (secondary N) is 2. The summed E-state index contributed by atoms with van der Waals surface area (Å²) in [5.41, 5.74) is -1.02. The maximum atomic E-state index is 12.1. The summed E-state index contributed by atoms with van der Waals surface area (Å²) in [6, 6.07) is -0.307. The smallest absolute Gasteiger partial charge is 0.313 e. The molecule has 0 aromatic rings. The summed E-state index contributed by atoms with van der Waals surface area (Å²) in [4.78, 5) is 23.4. The van der Waals surface area contributed by atoms with Crippen LogP contribution in [0.25, 0.3) is 0 Å². The molecule has 0 saturated carbocycles. The van der Waals surface area contributed by atoms with E-state index >= 15 is 0 Å². The monoisotopic (exact) mass is 256 g/mol. The van der Waals surface area contributed by atoms with E-state index in [0.717, 1.165) is 13.0 Å². The second-order valence-corrected chi connectivity index (χ2v) is 5.44. The molecule has 3 N–H and O–H groups in total. The van der Waals surface area contributed by atoms with E-state index < -0.39 is 17.4 Å². The average molecular weight is 256 g/mol. The summed E-state index contributed by atoms with van der Waals surface area (Å²) >= 11 is 0. The Labute approximate surface area is 106 Å². The predicted octanol–water partition coefficient (Wildman–Crippen LogP) is -0.410. The number of ether oxygens (including phenoxy) is 1. The van der Waals surface area contributed by atoms with Crippen LogP contribution >= 0.6 is 0 Å². The molecule has 6 nitrogen and oxygen atoms in total. The van der Waals surface area contributed by atoms with Crippen molar-refractivity contribution in [1.82, 2.24) is 10.6 Å². The highest BCUT2D eigenvalue weighted by molar-refractivity contribution is 5.82. The number of carboxylic acid groups (broad SMARTS) is 1. The Hall–Kier alpha value is -1.14. The van der Waals surface area contributed by atoms with Crippen molar-refractivity contribution in [2.24, 2.45) is 11.3 Å². The van der Waals surface area contributed by atoms with Gasteiger partial charge in [-0.05, 0) is 26.8 Å². The molecule has 0 radical (unpaired) electrons. The first-order chi connectivity index (χ1) is 8.45. The Morgan fingerprint density at radius 1 is 1.50 bits per heavy atom. The lowest BCUT2D eigenvalue weighted by molar-refractivity contribution is -0.149. The normalized spacial score (nSPS) is 39.8. The van der Waals surface area contributed by atoms with E-state index in [1.54, 1.807) is 6.92 Å². The Balaban J connectivity index is 2.00. The highest BCUT2D eigenvalue weighted by Gasteiger charge is 2.48. The van der Waals surface area contributed by atoms with E-state index in [1.165, 1.54) is 0 Å². The summed E-state index contributed by atoms with van der Waals surface area (Å²) in [5.74, 6) is -1.08. The molecule has 0 spiro atoms. The van der Waals surface area contributed by atoms with E-state index in [-0.39, 0.29) is 31.1 Å². The van der Waals surface area contributed by atoms with E-state index in [2.05, 4.69) is 10.6 Å². The molecule has 102 valence electrons. The van der Waals surface area contributed by atoms with Gasteiger partial charge in [0.05, 0.1) is 25.2 Å². The van der Waals surface area contributed by atoms with Gasteiger partial charge in [0.15, 0.2) is 0 Å². The van der Waals surface area contributed by atoms with Crippen LogP contribution in [0.3, 0.4) is 0 Å². The van der Waals surface area contributed by atoms with Crippen molar-refractivity contribution < 1.29 is 19.4 Å². The molecule has 0 aliphatic carbocycles. The molecule has 2 rings (SSSR count). The van der Waals surface area contributed by atoms with Crippen LogP contribution in [-0.2, 0) is 14.3 Å². The number of carboxylic acids is 1. The molecule has 0 aromatic carbocycles. The molecule has 2 aliphatic rings. The quantitative estimate of drug-likeness (QED) is 0.639. The number of amides is 1. The minimum absolute atomic E-state index is 0.0736. The fraction of sp³-hybridized carbons (Fsp3) is 0.833. The lowest BCUT2D eigenvalue weighted by Crippen LogP contribution is -2.52. The summed E-state index contributed by atoms with van der Waals surface area (Å²) in [7, 11) is 0. The zero-order valence-electron chi connectivity index (χ0n) is 10.7. The molecular weight excluding hydrogens is 236 g/mol. The Morgan fingerprint density at radius 3 is 2.78 bits per heavy atom. The number of aliphatic carboxylic acids is 1. The third-order valence-electron chi connectivity index (χ3n) is 4.12. The fourth-order valence-corrected chi connectivity index (χ4v) is 2.58. The van der Waals surface area contributed by atoms with Gasteiger partial charge in [-0.25, -0.2) is 0 Å². The number of hydrogen-bond donors (Lipinski definition) is 3. The molecule has 1 amide bonds. The van der Waals surface area contributed by atoms with Gasteiger partial charge in [-0.3, -0.25) is 9.59 Å². The zero-order valence-corrected chi connectivity index (χ0v) is 10.7. The number of carbonyl (C=O) groups is 2. The number of carbonyl (C=O) groups excluding carboxylic acids is 1. The van der Waals surface area contributed by atoms with Crippen LogP contribution in [0.4, 0.5) is 0 Å². The second-order valence-electron chi connectivity index (χ2n) is 5.44. The van der Waals surface area contributed by atoms with Gasteiger partial charge in [-0.1, -0.05) is 0 Å². The van der Waals surface area contributed by atoms with Gasteiger partial charge < -0.3 is 20.5 Å². The summed E-state index contributed by atoms with van der Waals surface area (Å²) in [5, 5.41) is 15.3. The summed E-state index contributed by atoms with van der Waals surface area (Å²) < 4.78 is 5.21. The van der Waals surface area contributed by atoms with E-state index in [4.69, 9.17) is 4.74 Å². The van der Waals surface area contributed by atoms with Crippen LogP contribution in [0.15, 0.2) is 0 Å². The second kappa shape index (κ2) is 4.85. The maximum Gasteiger partial charge on any atom is 0.313 e. The topological polar surface area (TPSA) is 87.7 Å². The van der Waals surface area contributed by atoms with Crippen molar-refractivity contribution in [3.05, 3.63) is 0 Å². The van der Waals surface area contributed by atoms with Crippen LogP contribution in [0.5, 0.6) is 0 Å². The van der Waals surface area contributed by atoms with Crippen LogP contribution < -0.4 is 10.6 Å². The first kappa shape index (κ1) is 13.3. The van der Waals surface area contributed by atoms with Gasteiger partial charge in [0, 0.05) is 6.04 Å². The highest BCUT2D eigenvalue weighted by atomic mass is 16.5. The molecule has 18 heavy (non-hydrogen) atoms. The molecule has 0 aromatic heterocycles. The third-order valence-corrected chi connectivity index (χ3v) is 4.12. The van der Waals surface area contributed by atoms with Crippen molar-refractivity contribution in [1.29, 1.82) is 0 Å². The third kappa shape index (κ3) is 2.22. The van der Waals surface area contributed by atoms with Crippen molar-refractivity contribution in [2.45, 2.75) is 32.4 Å². The van der Waals surface area contributed by atoms with Crippen molar-refractivity contribution >= 4 is 11.9 Å². The number of rotatable bonds is 3. The minimum atomic E-state index is -1.02. The van der Waals surface area contributed by atoms with Gasteiger partial charge in [0.2, 0.25) is 5.91 Å². The molecular formula is C12H20N2O4. The maximum absolute atomic E-state index is 12.1. The van der Waals surface area contributed by atoms with Crippen LogP contribution in [0.1, 0.15) is 20.3 Å². The molecule has 2 saturated heterocycles. The molecule has 4 unspecified atom stereocenters. The largest absolute Gasteiger partial charge is 0.481 e. The standard InChI is InChI=1S/C12H20N2O4/c1-7-8(3-4-13-7)10(15)14-9-5-18-6-12(9,2)11(16)17/h7-9,13H,3-6H2,1-2H3,(H,14,15)(H,16,17). The van der Waals surface area contributed by atoms with Crippen LogP contribution in [0.2, 0.25) is 0 Å². The first-order valence-corrected chi connectivity index (χ1v) is 6.30. The van der Waals surface area contributed by atoms with Gasteiger partial charge in [0.1, 0.15) is 5.41 Å². The van der Waals surface area contributed by atoms with Crippen LogP contribution in [0, 0.1) is 11.3 Å². The van der Waals surface area contributed by atoms with Gasteiger partial charge in [0.25, 0.3) is 0 Å². The SMILES string of the molecule is CC1NCCC1C(=O)NC1COCC1(C)C(=O)O. The number of hydrogen-bond acceptors (Lipinski definition) is 4. The van der Waals surface area contributed by atoms with Gasteiger partial charge >= 0.3 is 5.97 Å². The summed E-state index contributed by atoms with van der Waals surface area (Å²) in [6.45, 7) is 4.83. The van der Waals surface area contributed by atoms with Gasteiger partial charge in [-0.2, -0.15) is 0 Å².